The molecule has 2 aromatic heterocycles. The molecule has 3 N–H and O–H groups in total. The lowest BCUT2D eigenvalue weighted by Crippen LogP contribution is -2.40. The van der Waals surface area contributed by atoms with E-state index < -0.39 is 0 Å². The van der Waals surface area contributed by atoms with Crippen molar-refractivity contribution in [3.8, 4) is 0 Å². The van der Waals surface area contributed by atoms with E-state index >= 15 is 0 Å². The summed E-state index contributed by atoms with van der Waals surface area (Å²) in [5.41, 5.74) is 5.08. The minimum atomic E-state index is -0.280. The standard InChI is InChI=1S/C33H37N5O4/c1-3-4-6-23-9-11-24(12-10-23)31(39)37-28-8-5-7-27(22(28)2)26-19-29(32(40)35-21-26)36-30-14-13-25(20-34-30)33(41)38-15-17-42-18-16-38/h5,8-14,19-21,27H,3-4,6-7,15-18H2,1-2H3,(H,34,36)(H,35,40)(H,37,39). The summed E-state index contributed by atoms with van der Waals surface area (Å²) in [6.45, 7) is 6.35. The third kappa shape index (κ3) is 6.86. The Hall–Kier alpha value is -4.50. The number of H-pyrrole nitrogens is 1. The number of aromatic nitrogens is 2. The number of carbonyl (C=O) groups is 2. The maximum absolute atomic E-state index is 13.0. The molecule has 42 heavy (non-hydrogen) atoms. The van der Waals surface area contributed by atoms with Gasteiger partial charge >= 0.3 is 0 Å². The van der Waals surface area contributed by atoms with Gasteiger partial charge in [-0.3, -0.25) is 14.4 Å². The summed E-state index contributed by atoms with van der Waals surface area (Å²) in [5, 5.41) is 6.16. The summed E-state index contributed by atoms with van der Waals surface area (Å²) in [6, 6.07) is 13.0. The van der Waals surface area contributed by atoms with Crippen LogP contribution in [0.2, 0.25) is 0 Å². The zero-order chi connectivity index (χ0) is 29.5. The maximum atomic E-state index is 13.0. The fourth-order valence-electron chi connectivity index (χ4n) is 5.22. The van der Waals surface area contributed by atoms with Crippen LogP contribution in [0.15, 0.2) is 83.1 Å². The van der Waals surface area contributed by atoms with Crippen molar-refractivity contribution in [2.24, 2.45) is 0 Å². The van der Waals surface area contributed by atoms with Crippen LogP contribution in [0.25, 0.3) is 0 Å². The van der Waals surface area contributed by atoms with Crippen molar-refractivity contribution in [1.29, 1.82) is 0 Å². The highest BCUT2D eigenvalue weighted by Gasteiger charge is 2.22. The molecule has 9 heteroatoms. The topological polar surface area (TPSA) is 116 Å². The molecule has 1 aromatic carbocycles. The summed E-state index contributed by atoms with van der Waals surface area (Å²) in [7, 11) is 0. The van der Waals surface area contributed by atoms with Crippen LogP contribution in [-0.4, -0.2) is 53.0 Å². The Kier molecular flexibility index (Phi) is 9.28. The molecule has 0 saturated carbocycles. The fourth-order valence-corrected chi connectivity index (χ4v) is 5.22. The molecular formula is C33H37N5O4. The lowest BCUT2D eigenvalue weighted by Gasteiger charge is -2.26. The second-order valence-electron chi connectivity index (χ2n) is 10.7. The lowest BCUT2D eigenvalue weighted by atomic mass is 9.85. The Morgan fingerprint density at radius 1 is 1.10 bits per heavy atom. The number of aromatic amines is 1. The number of morpholine rings is 1. The molecule has 5 rings (SSSR count). The first-order chi connectivity index (χ1) is 20.4. The minimum Gasteiger partial charge on any atom is -0.378 e. The first-order valence-electron chi connectivity index (χ1n) is 14.5. The third-order valence-corrected chi connectivity index (χ3v) is 7.79. The molecule has 2 aliphatic rings. The molecule has 0 bridgehead atoms. The van der Waals surface area contributed by atoms with Crippen molar-refractivity contribution in [3.63, 3.8) is 0 Å². The van der Waals surface area contributed by atoms with Crippen LogP contribution in [0.3, 0.4) is 0 Å². The second kappa shape index (κ2) is 13.4. The number of hydrogen-bond donors (Lipinski definition) is 3. The van der Waals surface area contributed by atoms with E-state index in [1.54, 1.807) is 23.2 Å². The zero-order valence-corrected chi connectivity index (χ0v) is 24.1. The van der Waals surface area contributed by atoms with E-state index in [1.165, 1.54) is 11.8 Å². The van der Waals surface area contributed by atoms with Gasteiger partial charge < -0.3 is 25.3 Å². The van der Waals surface area contributed by atoms with Crippen molar-refractivity contribution in [1.82, 2.24) is 20.2 Å². The van der Waals surface area contributed by atoms with Gasteiger partial charge in [0.25, 0.3) is 17.4 Å². The van der Waals surface area contributed by atoms with Crippen LogP contribution in [-0.2, 0) is 11.2 Å². The normalized spacial score (nSPS) is 16.8. The van der Waals surface area contributed by atoms with Crippen molar-refractivity contribution < 1.29 is 14.3 Å². The number of nitrogens with one attached hydrogen (secondary N) is 3. The second-order valence-corrected chi connectivity index (χ2v) is 10.7. The number of hydrogen-bond acceptors (Lipinski definition) is 6. The SMILES string of the molecule is CCCCc1ccc(C(=O)NC2=C(C)C(c3c[nH]c(=O)c(Nc4ccc(C(=O)N5CCOCC5)cn4)c3)CC=C2)cc1. The largest absolute Gasteiger partial charge is 0.378 e. The van der Waals surface area contributed by atoms with Crippen molar-refractivity contribution in [2.45, 2.75) is 45.4 Å². The van der Waals surface area contributed by atoms with Crippen LogP contribution in [0.5, 0.6) is 0 Å². The zero-order valence-electron chi connectivity index (χ0n) is 24.1. The molecule has 0 spiro atoms. The van der Waals surface area contributed by atoms with Gasteiger partial charge in [0.05, 0.1) is 18.8 Å². The first-order valence-corrected chi connectivity index (χ1v) is 14.5. The van der Waals surface area contributed by atoms with Gasteiger partial charge in [-0.05, 0) is 79.3 Å². The number of ether oxygens (including phenoxy) is 1. The highest BCUT2D eigenvalue weighted by molar-refractivity contribution is 5.96. The van der Waals surface area contributed by atoms with Gasteiger partial charge in [-0.1, -0.05) is 31.6 Å². The number of rotatable bonds is 9. The monoisotopic (exact) mass is 567 g/mol. The minimum absolute atomic E-state index is 0.0272. The molecule has 1 unspecified atom stereocenters. The Bertz CT molecular complexity index is 1530. The van der Waals surface area contributed by atoms with Gasteiger partial charge in [-0.25, -0.2) is 4.98 Å². The van der Waals surface area contributed by atoms with E-state index in [0.29, 0.717) is 48.9 Å². The van der Waals surface area contributed by atoms with Gasteiger partial charge in [-0.2, -0.15) is 0 Å². The highest BCUT2D eigenvalue weighted by atomic mass is 16.5. The average Bonchev–Trinajstić information content (AvgIpc) is 3.03. The molecule has 9 nitrogen and oxygen atoms in total. The summed E-state index contributed by atoms with van der Waals surface area (Å²) in [6.07, 6.45) is 11.2. The lowest BCUT2D eigenvalue weighted by molar-refractivity contribution is 0.0302. The molecule has 1 fully saturated rings. The van der Waals surface area contributed by atoms with E-state index in [4.69, 9.17) is 4.74 Å². The van der Waals surface area contributed by atoms with Crippen LogP contribution < -0.4 is 16.2 Å². The quantitative estimate of drug-likeness (QED) is 0.332. The third-order valence-electron chi connectivity index (χ3n) is 7.79. The van der Waals surface area contributed by atoms with Crippen LogP contribution in [0.4, 0.5) is 11.5 Å². The van der Waals surface area contributed by atoms with E-state index in [2.05, 4.69) is 27.5 Å². The molecule has 1 aliphatic carbocycles. The molecular weight excluding hydrogens is 530 g/mol. The number of allylic oxidation sites excluding steroid dienone is 3. The molecule has 1 atom stereocenters. The van der Waals surface area contributed by atoms with E-state index in [0.717, 1.165) is 42.5 Å². The predicted molar refractivity (Wildman–Crippen MR) is 163 cm³/mol. The van der Waals surface area contributed by atoms with Crippen LogP contribution in [0.1, 0.15) is 70.9 Å². The van der Waals surface area contributed by atoms with Gasteiger partial charge in [0, 0.05) is 42.7 Å². The molecule has 3 aromatic rings. The van der Waals surface area contributed by atoms with E-state index in [1.807, 2.05) is 49.4 Å². The molecule has 0 radical (unpaired) electrons. The summed E-state index contributed by atoms with van der Waals surface area (Å²) in [4.78, 5) is 47.3. The van der Waals surface area contributed by atoms with Crippen LogP contribution in [0, 0.1) is 0 Å². The molecule has 2 amide bonds. The molecule has 218 valence electrons. The Balaban J connectivity index is 1.27. The van der Waals surface area contributed by atoms with Crippen LogP contribution >= 0.6 is 0 Å². The Labute approximate surface area is 245 Å². The van der Waals surface area contributed by atoms with E-state index in [-0.39, 0.29) is 23.3 Å². The number of amides is 2. The van der Waals surface area contributed by atoms with Gasteiger partial charge in [-0.15, -0.1) is 0 Å². The summed E-state index contributed by atoms with van der Waals surface area (Å²) in [5.74, 6) is 0.195. The number of aryl methyl sites for hydroxylation is 1. The number of benzene rings is 1. The summed E-state index contributed by atoms with van der Waals surface area (Å²) < 4.78 is 5.32. The average molecular weight is 568 g/mol. The predicted octanol–water partition coefficient (Wildman–Crippen LogP) is 5.08. The Morgan fingerprint density at radius 3 is 2.57 bits per heavy atom. The smallest absolute Gasteiger partial charge is 0.271 e. The highest BCUT2D eigenvalue weighted by Crippen LogP contribution is 2.33. The number of nitrogens with zero attached hydrogens (tertiary/aromatic N) is 2. The summed E-state index contributed by atoms with van der Waals surface area (Å²) >= 11 is 0. The number of unbranched alkanes of at least 4 members (excludes halogenated alkanes) is 1. The number of pyridine rings is 2. The molecule has 1 saturated heterocycles. The molecule has 3 heterocycles. The van der Waals surface area contributed by atoms with Crippen molar-refractivity contribution in [2.75, 3.05) is 31.6 Å². The van der Waals surface area contributed by atoms with Gasteiger partial charge in [0.1, 0.15) is 11.5 Å². The van der Waals surface area contributed by atoms with Gasteiger partial charge in [0.2, 0.25) is 0 Å². The van der Waals surface area contributed by atoms with Gasteiger partial charge in [0.15, 0.2) is 0 Å². The van der Waals surface area contributed by atoms with Crippen molar-refractivity contribution in [3.05, 3.63) is 111 Å². The van der Waals surface area contributed by atoms with Crippen molar-refractivity contribution >= 4 is 23.3 Å². The number of anilines is 2. The molecule has 1 aliphatic heterocycles. The fraction of sp³-hybridized carbons (Fsp3) is 0.333. The Morgan fingerprint density at radius 2 is 1.86 bits per heavy atom. The van der Waals surface area contributed by atoms with E-state index in [9.17, 15) is 14.4 Å². The maximum Gasteiger partial charge on any atom is 0.271 e. The first kappa shape index (κ1) is 29.0. The number of carbonyl (C=O) groups excluding carboxylic acids is 2.